The van der Waals surface area contributed by atoms with Gasteiger partial charge in [-0.1, -0.05) is 6.08 Å². The molecule has 0 heterocycles. The first kappa shape index (κ1) is 9.62. The molecular formula is C7H16N2O. The van der Waals surface area contributed by atoms with Gasteiger partial charge in [0, 0.05) is 0 Å². The highest BCUT2D eigenvalue weighted by atomic mass is 16.5. The lowest BCUT2D eigenvalue weighted by atomic mass is 10.4. The van der Waals surface area contributed by atoms with Crippen LogP contribution >= 0.6 is 0 Å². The molecule has 0 saturated heterocycles. The average molecular weight is 144 g/mol. The van der Waals surface area contributed by atoms with E-state index in [0.717, 1.165) is 19.5 Å². The van der Waals surface area contributed by atoms with E-state index in [-0.39, 0.29) is 0 Å². The van der Waals surface area contributed by atoms with Crippen LogP contribution in [0.15, 0.2) is 12.7 Å². The van der Waals surface area contributed by atoms with Gasteiger partial charge in [0.1, 0.15) is 0 Å². The van der Waals surface area contributed by atoms with Gasteiger partial charge in [-0.05, 0) is 19.5 Å². The molecule has 60 valence electrons. The zero-order valence-electron chi connectivity index (χ0n) is 6.31. The number of hydrogen-bond donors (Lipinski definition) is 2. The Morgan fingerprint density at radius 2 is 2.40 bits per heavy atom. The highest BCUT2D eigenvalue weighted by molar-refractivity contribution is 4.63. The summed E-state index contributed by atoms with van der Waals surface area (Å²) in [7, 11) is 0. The van der Waals surface area contributed by atoms with Crippen molar-refractivity contribution in [3.8, 4) is 0 Å². The Morgan fingerprint density at radius 3 is 3.00 bits per heavy atom. The largest absolute Gasteiger partial charge is 0.362 e. The van der Waals surface area contributed by atoms with Gasteiger partial charge in [-0.2, -0.15) is 0 Å². The molecule has 0 aliphatic carbocycles. The van der Waals surface area contributed by atoms with Gasteiger partial charge in [0.25, 0.3) is 0 Å². The fourth-order valence-corrected chi connectivity index (χ4v) is 0.514. The van der Waals surface area contributed by atoms with Crippen molar-refractivity contribution in [3.05, 3.63) is 12.7 Å². The van der Waals surface area contributed by atoms with Crippen LogP contribution in [-0.4, -0.2) is 26.4 Å². The molecule has 0 aromatic heterocycles. The van der Waals surface area contributed by atoms with Gasteiger partial charge in [-0.3, -0.25) is 5.32 Å². The van der Waals surface area contributed by atoms with Crippen molar-refractivity contribution in [2.45, 2.75) is 6.42 Å². The maximum Gasteiger partial charge on any atom is 0.0969 e. The van der Waals surface area contributed by atoms with Gasteiger partial charge in [0.15, 0.2) is 0 Å². The summed E-state index contributed by atoms with van der Waals surface area (Å²) in [6.45, 7) is 6.37. The number of hydrogen-bond acceptors (Lipinski definition) is 3. The topological polar surface area (TPSA) is 47.3 Å². The van der Waals surface area contributed by atoms with Crippen LogP contribution in [0.3, 0.4) is 0 Å². The minimum Gasteiger partial charge on any atom is -0.362 e. The van der Waals surface area contributed by atoms with Crippen LogP contribution in [0, 0.1) is 0 Å². The van der Waals surface area contributed by atoms with Crippen molar-refractivity contribution < 1.29 is 4.74 Å². The molecule has 0 radical (unpaired) electrons. The normalized spacial score (nSPS) is 9.70. The van der Waals surface area contributed by atoms with E-state index in [2.05, 4.69) is 11.9 Å². The molecular weight excluding hydrogens is 128 g/mol. The molecule has 10 heavy (non-hydrogen) atoms. The lowest BCUT2D eigenvalue weighted by Crippen LogP contribution is -2.21. The molecule has 0 unspecified atom stereocenters. The summed E-state index contributed by atoms with van der Waals surface area (Å²) >= 11 is 0. The molecule has 3 heteroatoms. The standard InChI is InChI=1S/C7H16N2O/c1-2-6-10-7-9-5-3-4-8/h2,9H,1,3-8H2. The maximum atomic E-state index is 5.27. The Balaban J connectivity index is 2.70. The molecule has 0 atom stereocenters. The van der Waals surface area contributed by atoms with Gasteiger partial charge in [-0.15, -0.1) is 6.58 Å². The van der Waals surface area contributed by atoms with Crippen molar-refractivity contribution in [3.63, 3.8) is 0 Å². The summed E-state index contributed by atoms with van der Waals surface area (Å²) in [5.41, 5.74) is 5.27. The third-order valence-corrected chi connectivity index (χ3v) is 0.998. The monoisotopic (exact) mass is 144 g/mol. The zero-order chi connectivity index (χ0) is 7.66. The summed E-state index contributed by atoms with van der Waals surface area (Å²) in [5, 5.41) is 3.07. The predicted molar refractivity (Wildman–Crippen MR) is 42.7 cm³/mol. The van der Waals surface area contributed by atoms with E-state index in [0.29, 0.717) is 13.3 Å². The van der Waals surface area contributed by atoms with Crippen LogP contribution in [0.1, 0.15) is 6.42 Å². The highest BCUT2D eigenvalue weighted by Gasteiger charge is 1.83. The minimum absolute atomic E-state index is 0.589. The molecule has 0 amide bonds. The quantitative estimate of drug-likeness (QED) is 0.302. The number of ether oxygens (including phenoxy) is 1. The molecule has 0 saturated carbocycles. The van der Waals surface area contributed by atoms with Gasteiger partial charge in [0.05, 0.1) is 13.3 Å². The second-order valence-electron chi connectivity index (χ2n) is 1.95. The first-order valence-electron chi connectivity index (χ1n) is 3.51. The molecule has 0 spiro atoms. The van der Waals surface area contributed by atoms with Crippen molar-refractivity contribution in [2.24, 2.45) is 5.73 Å². The van der Waals surface area contributed by atoms with E-state index in [1.807, 2.05) is 0 Å². The summed E-state index contributed by atoms with van der Waals surface area (Å²) in [6.07, 6.45) is 2.72. The van der Waals surface area contributed by atoms with Crippen molar-refractivity contribution >= 4 is 0 Å². The SMILES string of the molecule is C=CCOCNCCCN. The van der Waals surface area contributed by atoms with E-state index < -0.39 is 0 Å². The van der Waals surface area contributed by atoms with Crippen molar-refractivity contribution in [2.75, 3.05) is 26.4 Å². The van der Waals surface area contributed by atoms with Crippen LogP contribution in [0.4, 0.5) is 0 Å². The van der Waals surface area contributed by atoms with E-state index in [4.69, 9.17) is 10.5 Å². The van der Waals surface area contributed by atoms with Crippen LogP contribution in [0.5, 0.6) is 0 Å². The van der Waals surface area contributed by atoms with E-state index in [1.165, 1.54) is 0 Å². The van der Waals surface area contributed by atoms with Crippen LogP contribution in [0.2, 0.25) is 0 Å². The smallest absolute Gasteiger partial charge is 0.0969 e. The first-order chi connectivity index (χ1) is 4.91. The van der Waals surface area contributed by atoms with Crippen molar-refractivity contribution in [1.82, 2.24) is 5.32 Å². The fourth-order valence-electron chi connectivity index (χ4n) is 0.514. The van der Waals surface area contributed by atoms with Crippen LogP contribution in [-0.2, 0) is 4.74 Å². The molecule has 0 aromatic carbocycles. The summed E-state index contributed by atoms with van der Waals surface area (Å²) in [5.74, 6) is 0. The number of rotatable bonds is 7. The second kappa shape index (κ2) is 8.62. The Kier molecular flexibility index (Phi) is 8.29. The number of nitrogens with one attached hydrogen (secondary N) is 1. The summed E-state index contributed by atoms with van der Waals surface area (Å²) in [6, 6.07) is 0. The molecule has 0 fully saturated rings. The zero-order valence-corrected chi connectivity index (χ0v) is 6.31. The van der Waals surface area contributed by atoms with Gasteiger partial charge >= 0.3 is 0 Å². The van der Waals surface area contributed by atoms with Gasteiger partial charge in [0.2, 0.25) is 0 Å². The summed E-state index contributed by atoms with van der Waals surface area (Å²) in [4.78, 5) is 0. The Hall–Kier alpha value is -0.380. The lowest BCUT2D eigenvalue weighted by Gasteiger charge is -2.02. The molecule has 0 aromatic rings. The van der Waals surface area contributed by atoms with E-state index in [1.54, 1.807) is 6.08 Å². The third-order valence-electron chi connectivity index (χ3n) is 0.998. The molecule has 3 N–H and O–H groups in total. The third kappa shape index (κ3) is 7.62. The Bertz CT molecular complexity index is 76.0. The molecule has 0 bridgehead atoms. The number of nitrogens with two attached hydrogens (primary N) is 1. The minimum atomic E-state index is 0.589. The van der Waals surface area contributed by atoms with E-state index in [9.17, 15) is 0 Å². The van der Waals surface area contributed by atoms with E-state index >= 15 is 0 Å². The van der Waals surface area contributed by atoms with Gasteiger partial charge < -0.3 is 10.5 Å². The molecule has 0 rings (SSSR count). The second-order valence-corrected chi connectivity index (χ2v) is 1.95. The Morgan fingerprint density at radius 1 is 1.60 bits per heavy atom. The maximum absolute atomic E-state index is 5.27. The van der Waals surface area contributed by atoms with Crippen LogP contribution in [0.25, 0.3) is 0 Å². The Labute approximate surface area is 62.2 Å². The average Bonchev–Trinajstić information content (AvgIpc) is 1.97. The lowest BCUT2D eigenvalue weighted by molar-refractivity contribution is 0.142. The molecule has 0 aliphatic heterocycles. The molecule has 0 aliphatic rings. The predicted octanol–water partition coefficient (Wildman–Crippen LogP) is 0.0849. The fraction of sp³-hybridized carbons (Fsp3) is 0.714. The first-order valence-corrected chi connectivity index (χ1v) is 3.51. The molecule has 3 nitrogen and oxygen atoms in total. The van der Waals surface area contributed by atoms with Crippen LogP contribution < -0.4 is 11.1 Å². The van der Waals surface area contributed by atoms with Gasteiger partial charge in [-0.25, -0.2) is 0 Å². The van der Waals surface area contributed by atoms with Crippen molar-refractivity contribution in [1.29, 1.82) is 0 Å². The summed E-state index contributed by atoms with van der Waals surface area (Å²) < 4.78 is 5.06. The highest BCUT2D eigenvalue weighted by Crippen LogP contribution is 1.72.